The van der Waals surface area contributed by atoms with Crippen molar-refractivity contribution in [2.45, 2.75) is 6.42 Å². The second-order valence-electron chi connectivity index (χ2n) is 6.00. The van der Waals surface area contributed by atoms with E-state index in [1.165, 1.54) is 4.57 Å². The van der Waals surface area contributed by atoms with E-state index in [-0.39, 0.29) is 11.5 Å². The van der Waals surface area contributed by atoms with E-state index in [2.05, 4.69) is 16.9 Å². The highest BCUT2D eigenvalue weighted by Crippen LogP contribution is 2.14. The highest BCUT2D eigenvalue weighted by Gasteiger charge is 2.19. The van der Waals surface area contributed by atoms with Crippen LogP contribution in [0.15, 0.2) is 23.0 Å². The lowest BCUT2D eigenvalue weighted by molar-refractivity contribution is 0.0763. The molecule has 1 saturated heterocycles. The van der Waals surface area contributed by atoms with Crippen LogP contribution in [0, 0.1) is 4.77 Å². The first-order valence-corrected chi connectivity index (χ1v) is 8.09. The van der Waals surface area contributed by atoms with Crippen molar-refractivity contribution < 1.29 is 4.79 Å². The Bertz CT molecular complexity index is 870. The van der Waals surface area contributed by atoms with Gasteiger partial charge in [-0.25, -0.2) is 0 Å². The number of H-pyrrole nitrogens is 1. The van der Waals surface area contributed by atoms with E-state index in [1.54, 1.807) is 25.2 Å². The number of likely N-dealkylation sites (N-methyl/N-ethyl adjacent to an activating group) is 1. The van der Waals surface area contributed by atoms with Gasteiger partial charge in [-0.2, -0.15) is 0 Å². The Morgan fingerprint density at radius 1 is 1.17 bits per heavy atom. The Morgan fingerprint density at radius 3 is 2.74 bits per heavy atom. The van der Waals surface area contributed by atoms with Crippen LogP contribution in [-0.4, -0.2) is 58.5 Å². The smallest absolute Gasteiger partial charge is 0.261 e. The SMILES string of the molecule is CN1CCCN(C(=O)c2ccc3c(=O)n(C)c(=S)[nH]c3c2)CC1. The molecule has 0 spiro atoms. The number of carbonyl (C=O) groups is 1. The number of benzene rings is 1. The number of nitrogens with zero attached hydrogens (tertiary/aromatic N) is 3. The van der Waals surface area contributed by atoms with Crippen molar-refractivity contribution in [3.8, 4) is 0 Å². The predicted octanol–water partition coefficient (Wildman–Crippen LogP) is 1.37. The van der Waals surface area contributed by atoms with Crippen molar-refractivity contribution in [1.82, 2.24) is 19.4 Å². The van der Waals surface area contributed by atoms with Crippen molar-refractivity contribution in [3.05, 3.63) is 38.9 Å². The minimum Gasteiger partial charge on any atom is -0.337 e. The third kappa shape index (κ3) is 3.07. The fourth-order valence-corrected chi connectivity index (χ4v) is 3.06. The normalized spacial score (nSPS) is 16.5. The number of fused-ring (bicyclic) bond motifs is 1. The molecule has 2 heterocycles. The van der Waals surface area contributed by atoms with Crippen LogP contribution in [0.1, 0.15) is 16.8 Å². The van der Waals surface area contributed by atoms with Crippen LogP contribution < -0.4 is 5.56 Å². The predicted molar refractivity (Wildman–Crippen MR) is 92.4 cm³/mol. The van der Waals surface area contributed by atoms with Gasteiger partial charge in [-0.05, 0) is 50.4 Å². The van der Waals surface area contributed by atoms with Crippen LogP contribution >= 0.6 is 12.2 Å². The average molecular weight is 332 g/mol. The molecule has 1 aromatic heterocycles. The summed E-state index contributed by atoms with van der Waals surface area (Å²) < 4.78 is 1.74. The van der Waals surface area contributed by atoms with Crippen molar-refractivity contribution in [1.29, 1.82) is 0 Å². The maximum Gasteiger partial charge on any atom is 0.261 e. The van der Waals surface area contributed by atoms with E-state index in [4.69, 9.17) is 12.2 Å². The van der Waals surface area contributed by atoms with E-state index in [1.807, 2.05) is 4.90 Å². The topological polar surface area (TPSA) is 61.3 Å². The van der Waals surface area contributed by atoms with Crippen molar-refractivity contribution >= 4 is 29.0 Å². The highest BCUT2D eigenvalue weighted by molar-refractivity contribution is 7.71. The van der Waals surface area contributed by atoms with E-state index in [0.29, 0.717) is 21.2 Å². The van der Waals surface area contributed by atoms with Gasteiger partial charge in [-0.15, -0.1) is 0 Å². The largest absolute Gasteiger partial charge is 0.337 e. The zero-order valence-electron chi connectivity index (χ0n) is 13.3. The third-order valence-corrected chi connectivity index (χ3v) is 4.73. The molecule has 122 valence electrons. The second-order valence-corrected chi connectivity index (χ2v) is 6.39. The number of hydrogen-bond acceptors (Lipinski definition) is 4. The quantitative estimate of drug-likeness (QED) is 0.802. The molecular formula is C16H20N4O2S. The summed E-state index contributed by atoms with van der Waals surface area (Å²) in [5.74, 6) is 0.00203. The first kappa shape index (κ1) is 15.9. The van der Waals surface area contributed by atoms with Gasteiger partial charge in [0.1, 0.15) is 0 Å². The molecule has 0 saturated carbocycles. The van der Waals surface area contributed by atoms with Gasteiger partial charge in [0.2, 0.25) is 0 Å². The lowest BCUT2D eigenvalue weighted by Crippen LogP contribution is -2.34. The number of hydrogen-bond donors (Lipinski definition) is 1. The number of aromatic nitrogens is 2. The number of aromatic amines is 1. The van der Waals surface area contributed by atoms with Crippen molar-refractivity contribution in [3.63, 3.8) is 0 Å². The first-order chi connectivity index (χ1) is 11.0. The zero-order chi connectivity index (χ0) is 16.6. The molecule has 1 amide bonds. The molecule has 3 rings (SSSR count). The molecule has 0 bridgehead atoms. The standard InChI is InChI=1S/C16H20N4O2S/c1-18-6-3-7-20(9-8-18)14(21)11-4-5-12-13(10-11)17-16(23)19(2)15(12)22/h4-5,10H,3,6-9H2,1-2H3,(H,17,23). The fraction of sp³-hybridized carbons (Fsp3) is 0.438. The molecule has 1 N–H and O–H groups in total. The van der Waals surface area contributed by atoms with Gasteiger partial charge in [0.25, 0.3) is 11.5 Å². The molecule has 0 radical (unpaired) electrons. The molecule has 2 aromatic rings. The summed E-state index contributed by atoms with van der Waals surface area (Å²) in [6.07, 6.45) is 0.971. The molecule has 0 unspecified atom stereocenters. The number of carbonyl (C=O) groups excluding carboxylic acids is 1. The van der Waals surface area contributed by atoms with Crippen LogP contribution in [0.2, 0.25) is 0 Å². The number of nitrogens with one attached hydrogen (secondary N) is 1. The van der Waals surface area contributed by atoms with E-state index < -0.39 is 0 Å². The molecule has 1 aliphatic rings. The van der Waals surface area contributed by atoms with Gasteiger partial charge in [-0.3, -0.25) is 14.2 Å². The molecule has 1 fully saturated rings. The minimum absolute atomic E-state index is 0.00203. The Morgan fingerprint density at radius 2 is 1.96 bits per heavy atom. The lowest BCUT2D eigenvalue weighted by atomic mass is 10.1. The van der Waals surface area contributed by atoms with Crippen LogP contribution in [0.4, 0.5) is 0 Å². The van der Waals surface area contributed by atoms with Gasteiger partial charge in [0, 0.05) is 32.2 Å². The summed E-state index contributed by atoms with van der Waals surface area (Å²) in [5, 5.41) is 0.535. The molecule has 1 aliphatic heterocycles. The van der Waals surface area contributed by atoms with Crippen LogP contribution in [0.3, 0.4) is 0 Å². The molecule has 23 heavy (non-hydrogen) atoms. The Hall–Kier alpha value is -1.99. The van der Waals surface area contributed by atoms with Gasteiger partial charge in [-0.1, -0.05) is 0 Å². The average Bonchev–Trinajstić information content (AvgIpc) is 2.76. The van der Waals surface area contributed by atoms with Gasteiger partial charge in [0.05, 0.1) is 10.9 Å². The highest BCUT2D eigenvalue weighted by atomic mass is 32.1. The van der Waals surface area contributed by atoms with Crippen LogP contribution in [0.25, 0.3) is 10.9 Å². The fourth-order valence-electron chi connectivity index (χ4n) is 2.87. The van der Waals surface area contributed by atoms with E-state index in [0.717, 1.165) is 32.6 Å². The van der Waals surface area contributed by atoms with Crippen molar-refractivity contribution in [2.24, 2.45) is 7.05 Å². The minimum atomic E-state index is -0.154. The van der Waals surface area contributed by atoms with Gasteiger partial charge in [0.15, 0.2) is 4.77 Å². The number of amides is 1. The van der Waals surface area contributed by atoms with E-state index >= 15 is 0 Å². The van der Waals surface area contributed by atoms with E-state index in [9.17, 15) is 9.59 Å². The number of rotatable bonds is 1. The molecule has 0 aliphatic carbocycles. The van der Waals surface area contributed by atoms with Crippen molar-refractivity contribution in [2.75, 3.05) is 33.2 Å². The molecule has 7 heteroatoms. The summed E-state index contributed by atoms with van der Waals surface area (Å²) in [6, 6.07) is 5.14. The summed E-state index contributed by atoms with van der Waals surface area (Å²) in [4.78, 5) is 32.0. The van der Waals surface area contributed by atoms with Crippen LogP contribution in [0.5, 0.6) is 0 Å². The lowest BCUT2D eigenvalue weighted by Gasteiger charge is -2.20. The molecular weight excluding hydrogens is 312 g/mol. The summed E-state index contributed by atoms with van der Waals surface area (Å²) in [5.41, 5.74) is 1.04. The van der Waals surface area contributed by atoms with Gasteiger partial charge >= 0.3 is 0 Å². The van der Waals surface area contributed by atoms with Crippen LogP contribution in [-0.2, 0) is 7.05 Å². The summed E-state index contributed by atoms with van der Waals surface area (Å²) in [7, 11) is 3.70. The maximum absolute atomic E-state index is 12.7. The summed E-state index contributed by atoms with van der Waals surface area (Å²) >= 11 is 5.14. The Labute approximate surface area is 139 Å². The van der Waals surface area contributed by atoms with Gasteiger partial charge < -0.3 is 14.8 Å². The summed E-state index contributed by atoms with van der Waals surface area (Å²) in [6.45, 7) is 3.36. The molecule has 6 nitrogen and oxygen atoms in total. The Kier molecular flexibility index (Phi) is 4.32. The Balaban J connectivity index is 1.97. The molecule has 1 aromatic carbocycles. The first-order valence-electron chi connectivity index (χ1n) is 7.68. The maximum atomic E-state index is 12.7. The third-order valence-electron chi connectivity index (χ3n) is 4.35. The monoisotopic (exact) mass is 332 g/mol. The molecule has 0 atom stereocenters. The second kappa shape index (κ2) is 6.25. The zero-order valence-corrected chi connectivity index (χ0v) is 14.2.